The van der Waals surface area contributed by atoms with Crippen LogP contribution in [0.2, 0.25) is 0 Å². The number of fused-ring (bicyclic) bond motifs is 1. The highest BCUT2D eigenvalue weighted by Gasteiger charge is 2.09. The molecule has 0 radical (unpaired) electrons. The number of methoxy groups -OCH3 is 1. The quantitative estimate of drug-likeness (QED) is 0.722. The number of anilines is 1. The molecule has 0 aliphatic carbocycles. The van der Waals surface area contributed by atoms with Gasteiger partial charge in [0.15, 0.2) is 5.95 Å². The molecule has 3 aromatic rings. The number of imidazole rings is 1. The van der Waals surface area contributed by atoms with Gasteiger partial charge in [-0.2, -0.15) is 0 Å². The fourth-order valence-electron chi connectivity index (χ4n) is 2.16. The molecular weight excluding hydrogens is 226 g/mol. The molecule has 0 saturated carbocycles. The van der Waals surface area contributed by atoms with Gasteiger partial charge in [0.2, 0.25) is 0 Å². The van der Waals surface area contributed by atoms with Crippen molar-refractivity contribution in [1.29, 1.82) is 0 Å². The number of nitrogens with two attached hydrogens (primary N) is 1. The number of nitrogens with one attached hydrogen (secondary N) is 1. The molecule has 4 nitrogen and oxygen atoms in total. The van der Waals surface area contributed by atoms with Crippen LogP contribution >= 0.6 is 0 Å². The van der Waals surface area contributed by atoms with E-state index in [1.54, 1.807) is 13.3 Å². The van der Waals surface area contributed by atoms with Crippen LogP contribution in [-0.4, -0.2) is 17.1 Å². The average molecular weight is 239 g/mol. The molecule has 3 N–H and O–H groups in total. The Morgan fingerprint density at radius 2 is 1.89 bits per heavy atom. The number of ether oxygens (including phenoxy) is 1. The second-order valence-electron chi connectivity index (χ2n) is 4.04. The van der Waals surface area contributed by atoms with Gasteiger partial charge in [-0.15, -0.1) is 0 Å². The fourth-order valence-corrected chi connectivity index (χ4v) is 2.16. The Hall–Kier alpha value is -2.49. The van der Waals surface area contributed by atoms with Crippen LogP contribution in [0.25, 0.3) is 22.0 Å². The van der Waals surface area contributed by atoms with Gasteiger partial charge < -0.3 is 15.5 Å². The highest BCUT2D eigenvalue weighted by atomic mass is 16.5. The summed E-state index contributed by atoms with van der Waals surface area (Å²) in [5.41, 5.74) is 7.60. The standard InChI is InChI=1S/C14H13N3O/c1-18-13-7-6-10(12-8-16-14(15)17-12)9-4-2-3-5-11(9)13/h2-8H,1H3,(H3,15,16,17). The molecule has 0 amide bonds. The second-order valence-corrected chi connectivity index (χ2v) is 4.04. The maximum Gasteiger partial charge on any atom is 0.197 e. The minimum Gasteiger partial charge on any atom is -0.496 e. The van der Waals surface area contributed by atoms with E-state index in [0.717, 1.165) is 27.8 Å². The third kappa shape index (κ3) is 1.59. The predicted molar refractivity (Wildman–Crippen MR) is 72.5 cm³/mol. The lowest BCUT2D eigenvalue weighted by Gasteiger charge is -2.09. The number of nitrogens with zero attached hydrogens (tertiary/aromatic N) is 1. The van der Waals surface area contributed by atoms with Gasteiger partial charge in [-0.1, -0.05) is 24.3 Å². The van der Waals surface area contributed by atoms with Crippen molar-refractivity contribution in [2.24, 2.45) is 0 Å². The largest absolute Gasteiger partial charge is 0.496 e. The van der Waals surface area contributed by atoms with Gasteiger partial charge in [-0.25, -0.2) is 4.98 Å². The summed E-state index contributed by atoms with van der Waals surface area (Å²) in [6.45, 7) is 0. The Labute approximate surface area is 104 Å². The van der Waals surface area contributed by atoms with Crippen LogP contribution in [0, 0.1) is 0 Å². The molecule has 0 atom stereocenters. The molecule has 0 unspecified atom stereocenters. The van der Waals surface area contributed by atoms with Crippen LogP contribution in [0.15, 0.2) is 42.6 Å². The molecule has 3 rings (SSSR count). The number of hydrogen-bond acceptors (Lipinski definition) is 3. The fraction of sp³-hybridized carbons (Fsp3) is 0.0714. The summed E-state index contributed by atoms with van der Waals surface area (Å²) in [7, 11) is 1.68. The van der Waals surface area contributed by atoms with Crippen LogP contribution in [0.3, 0.4) is 0 Å². The van der Waals surface area contributed by atoms with Crippen LogP contribution in [0.5, 0.6) is 5.75 Å². The summed E-state index contributed by atoms with van der Waals surface area (Å²) < 4.78 is 5.37. The van der Waals surface area contributed by atoms with Crippen LogP contribution in [0.1, 0.15) is 0 Å². The predicted octanol–water partition coefficient (Wildman–Crippen LogP) is 2.82. The van der Waals surface area contributed by atoms with Gasteiger partial charge >= 0.3 is 0 Å². The maximum atomic E-state index is 5.62. The second kappa shape index (κ2) is 4.07. The molecule has 4 heteroatoms. The topological polar surface area (TPSA) is 63.9 Å². The lowest BCUT2D eigenvalue weighted by Crippen LogP contribution is -1.88. The van der Waals surface area contributed by atoms with E-state index < -0.39 is 0 Å². The summed E-state index contributed by atoms with van der Waals surface area (Å²) in [6, 6.07) is 12.1. The van der Waals surface area contributed by atoms with Crippen LogP contribution in [-0.2, 0) is 0 Å². The number of hydrogen-bond donors (Lipinski definition) is 2. The number of nitrogen functional groups attached to an aromatic ring is 1. The zero-order valence-corrected chi connectivity index (χ0v) is 9.97. The molecule has 90 valence electrons. The van der Waals surface area contributed by atoms with Crippen molar-refractivity contribution >= 4 is 16.7 Å². The van der Waals surface area contributed by atoms with Gasteiger partial charge in [-0.05, 0) is 17.5 Å². The Morgan fingerprint density at radius 1 is 1.11 bits per heavy atom. The SMILES string of the molecule is COc1ccc(-c2cnc(N)[nH]2)c2ccccc12. The van der Waals surface area contributed by atoms with Gasteiger partial charge in [0.1, 0.15) is 5.75 Å². The van der Waals surface area contributed by atoms with Gasteiger partial charge in [-0.3, -0.25) is 0 Å². The van der Waals surface area contributed by atoms with E-state index in [0.29, 0.717) is 5.95 Å². The minimum atomic E-state index is 0.421. The molecule has 1 heterocycles. The average Bonchev–Trinajstić information content (AvgIpc) is 2.84. The summed E-state index contributed by atoms with van der Waals surface area (Å²) in [5.74, 6) is 1.28. The van der Waals surface area contributed by atoms with E-state index in [9.17, 15) is 0 Å². The van der Waals surface area contributed by atoms with E-state index >= 15 is 0 Å². The molecule has 0 bridgehead atoms. The first-order valence-electron chi connectivity index (χ1n) is 5.66. The summed E-state index contributed by atoms with van der Waals surface area (Å²) >= 11 is 0. The first-order chi connectivity index (χ1) is 8.79. The van der Waals surface area contributed by atoms with E-state index in [4.69, 9.17) is 10.5 Å². The normalized spacial score (nSPS) is 10.7. The Kier molecular flexibility index (Phi) is 2.41. The Bertz CT molecular complexity index is 703. The van der Waals surface area contributed by atoms with Crippen molar-refractivity contribution in [3.63, 3.8) is 0 Å². The Morgan fingerprint density at radius 3 is 2.56 bits per heavy atom. The lowest BCUT2D eigenvalue weighted by molar-refractivity contribution is 0.420. The van der Waals surface area contributed by atoms with Gasteiger partial charge in [0.25, 0.3) is 0 Å². The summed E-state index contributed by atoms with van der Waals surface area (Å²) in [4.78, 5) is 7.08. The van der Waals surface area contributed by atoms with Crippen molar-refractivity contribution in [3.8, 4) is 17.0 Å². The van der Waals surface area contributed by atoms with Crippen molar-refractivity contribution in [1.82, 2.24) is 9.97 Å². The summed E-state index contributed by atoms with van der Waals surface area (Å²) in [5, 5.41) is 2.19. The third-order valence-corrected chi connectivity index (χ3v) is 2.99. The number of aromatic nitrogens is 2. The molecule has 0 aliphatic rings. The zero-order valence-electron chi connectivity index (χ0n) is 9.97. The molecule has 1 aromatic heterocycles. The molecular formula is C14H13N3O. The van der Waals surface area contributed by atoms with Crippen molar-refractivity contribution in [2.75, 3.05) is 12.8 Å². The number of rotatable bonds is 2. The molecule has 18 heavy (non-hydrogen) atoms. The van der Waals surface area contributed by atoms with Crippen molar-refractivity contribution in [2.45, 2.75) is 0 Å². The minimum absolute atomic E-state index is 0.421. The summed E-state index contributed by atoms with van der Waals surface area (Å²) in [6.07, 6.45) is 1.74. The van der Waals surface area contributed by atoms with E-state index in [2.05, 4.69) is 16.0 Å². The number of aromatic amines is 1. The van der Waals surface area contributed by atoms with Crippen LogP contribution < -0.4 is 10.5 Å². The highest BCUT2D eigenvalue weighted by Crippen LogP contribution is 2.33. The molecule has 2 aromatic carbocycles. The number of benzene rings is 2. The van der Waals surface area contributed by atoms with Crippen molar-refractivity contribution in [3.05, 3.63) is 42.6 Å². The monoisotopic (exact) mass is 239 g/mol. The molecule has 0 spiro atoms. The first-order valence-corrected chi connectivity index (χ1v) is 5.66. The van der Waals surface area contributed by atoms with Crippen molar-refractivity contribution < 1.29 is 4.74 Å². The highest BCUT2D eigenvalue weighted by molar-refractivity contribution is 5.99. The molecule has 0 saturated heterocycles. The van der Waals surface area contributed by atoms with Gasteiger partial charge in [0, 0.05) is 10.9 Å². The maximum absolute atomic E-state index is 5.62. The Balaban J connectivity index is 2.31. The number of H-pyrrole nitrogens is 1. The zero-order chi connectivity index (χ0) is 12.5. The van der Waals surface area contributed by atoms with E-state index in [1.807, 2.05) is 30.3 Å². The first kappa shape index (κ1) is 10.7. The van der Waals surface area contributed by atoms with Gasteiger partial charge in [0.05, 0.1) is 19.0 Å². The molecule has 0 fully saturated rings. The lowest BCUT2D eigenvalue weighted by atomic mass is 10.0. The third-order valence-electron chi connectivity index (χ3n) is 2.99. The van der Waals surface area contributed by atoms with E-state index in [-0.39, 0.29) is 0 Å². The molecule has 0 aliphatic heterocycles. The van der Waals surface area contributed by atoms with Crippen LogP contribution in [0.4, 0.5) is 5.95 Å². The van der Waals surface area contributed by atoms with E-state index in [1.165, 1.54) is 0 Å². The smallest absolute Gasteiger partial charge is 0.197 e.